The Bertz CT molecular complexity index is 956. The molecule has 0 bridgehead atoms. The quantitative estimate of drug-likeness (QED) is 0.579. The van der Waals surface area contributed by atoms with Gasteiger partial charge in [-0.1, -0.05) is 66.7 Å². The SMILES string of the molecule is Cc1cccn2c(NCc3ccccc3)c(-c3ccccc3)nc12. The van der Waals surface area contributed by atoms with E-state index in [1.54, 1.807) is 0 Å². The second-order valence-corrected chi connectivity index (χ2v) is 5.90. The van der Waals surface area contributed by atoms with Crippen molar-refractivity contribution < 1.29 is 0 Å². The average Bonchev–Trinajstić information content (AvgIpc) is 3.02. The van der Waals surface area contributed by atoms with Crippen LogP contribution in [0.25, 0.3) is 16.9 Å². The number of aryl methyl sites for hydroxylation is 1. The fraction of sp³-hybridized carbons (Fsp3) is 0.0952. The molecule has 0 aliphatic carbocycles. The van der Waals surface area contributed by atoms with Crippen molar-refractivity contribution in [2.45, 2.75) is 13.5 Å². The first-order valence-electron chi connectivity index (χ1n) is 8.14. The van der Waals surface area contributed by atoms with Crippen molar-refractivity contribution in [1.29, 1.82) is 0 Å². The van der Waals surface area contributed by atoms with Crippen LogP contribution in [0.15, 0.2) is 79.0 Å². The van der Waals surface area contributed by atoms with E-state index in [2.05, 4.69) is 71.4 Å². The van der Waals surface area contributed by atoms with Crippen LogP contribution >= 0.6 is 0 Å². The highest BCUT2D eigenvalue weighted by Gasteiger charge is 2.14. The van der Waals surface area contributed by atoms with Gasteiger partial charge in [-0.05, 0) is 24.1 Å². The zero-order valence-corrected chi connectivity index (χ0v) is 13.6. The lowest BCUT2D eigenvalue weighted by atomic mass is 10.1. The molecule has 2 aromatic carbocycles. The molecule has 0 saturated heterocycles. The van der Waals surface area contributed by atoms with E-state index >= 15 is 0 Å². The lowest BCUT2D eigenvalue weighted by Gasteiger charge is -2.09. The van der Waals surface area contributed by atoms with E-state index in [4.69, 9.17) is 4.98 Å². The van der Waals surface area contributed by atoms with E-state index in [1.807, 2.05) is 24.3 Å². The zero-order valence-electron chi connectivity index (χ0n) is 13.6. The van der Waals surface area contributed by atoms with Crippen LogP contribution < -0.4 is 5.32 Å². The molecule has 24 heavy (non-hydrogen) atoms. The normalized spacial score (nSPS) is 10.9. The average molecular weight is 313 g/mol. The Labute approximate surface area is 141 Å². The Morgan fingerprint density at radius 3 is 2.33 bits per heavy atom. The summed E-state index contributed by atoms with van der Waals surface area (Å²) in [5, 5.41) is 3.58. The topological polar surface area (TPSA) is 29.3 Å². The Kier molecular flexibility index (Phi) is 3.75. The molecule has 4 aromatic rings. The second kappa shape index (κ2) is 6.20. The van der Waals surface area contributed by atoms with E-state index in [-0.39, 0.29) is 0 Å². The van der Waals surface area contributed by atoms with Crippen molar-refractivity contribution in [2.75, 3.05) is 5.32 Å². The third-order valence-corrected chi connectivity index (χ3v) is 4.20. The molecule has 0 atom stereocenters. The predicted octanol–water partition coefficient (Wildman–Crippen LogP) is 4.92. The highest BCUT2D eigenvalue weighted by Crippen LogP contribution is 2.30. The van der Waals surface area contributed by atoms with Gasteiger partial charge in [-0.3, -0.25) is 4.40 Å². The smallest absolute Gasteiger partial charge is 0.142 e. The van der Waals surface area contributed by atoms with E-state index in [9.17, 15) is 0 Å². The minimum atomic E-state index is 0.766. The van der Waals surface area contributed by atoms with E-state index in [1.165, 1.54) is 11.1 Å². The van der Waals surface area contributed by atoms with Gasteiger partial charge in [0.25, 0.3) is 0 Å². The molecule has 3 heteroatoms. The fourth-order valence-electron chi connectivity index (χ4n) is 2.95. The highest BCUT2D eigenvalue weighted by atomic mass is 15.1. The molecule has 0 spiro atoms. The van der Waals surface area contributed by atoms with Gasteiger partial charge < -0.3 is 5.32 Å². The minimum absolute atomic E-state index is 0.766. The number of aromatic nitrogens is 2. The summed E-state index contributed by atoms with van der Waals surface area (Å²) in [4.78, 5) is 4.90. The molecule has 118 valence electrons. The summed E-state index contributed by atoms with van der Waals surface area (Å²) in [6.07, 6.45) is 2.06. The van der Waals surface area contributed by atoms with Crippen LogP contribution in [-0.2, 0) is 6.54 Å². The molecule has 2 heterocycles. The summed E-state index contributed by atoms with van der Waals surface area (Å²) in [7, 11) is 0. The number of hydrogen-bond acceptors (Lipinski definition) is 2. The second-order valence-electron chi connectivity index (χ2n) is 5.90. The minimum Gasteiger partial charge on any atom is -0.365 e. The van der Waals surface area contributed by atoms with Crippen molar-refractivity contribution in [3.05, 3.63) is 90.1 Å². The van der Waals surface area contributed by atoms with Crippen molar-refractivity contribution in [3.63, 3.8) is 0 Å². The molecule has 0 amide bonds. The summed E-state index contributed by atoms with van der Waals surface area (Å²) in [5.74, 6) is 1.03. The number of imidazole rings is 1. The summed E-state index contributed by atoms with van der Waals surface area (Å²) in [5.41, 5.74) is 5.52. The van der Waals surface area contributed by atoms with Crippen molar-refractivity contribution in [2.24, 2.45) is 0 Å². The first-order valence-corrected chi connectivity index (χ1v) is 8.14. The molecule has 0 aliphatic heterocycles. The lowest BCUT2D eigenvalue weighted by Crippen LogP contribution is -2.03. The van der Waals surface area contributed by atoms with Crippen molar-refractivity contribution in [1.82, 2.24) is 9.38 Å². The first kappa shape index (κ1) is 14.5. The maximum atomic E-state index is 4.90. The van der Waals surface area contributed by atoms with Gasteiger partial charge in [0.05, 0.1) is 0 Å². The lowest BCUT2D eigenvalue weighted by molar-refractivity contribution is 1.08. The van der Waals surface area contributed by atoms with Gasteiger partial charge in [-0.2, -0.15) is 0 Å². The molecule has 2 aromatic heterocycles. The largest absolute Gasteiger partial charge is 0.365 e. The van der Waals surface area contributed by atoms with E-state index in [0.29, 0.717) is 0 Å². The Balaban J connectivity index is 1.81. The van der Waals surface area contributed by atoms with Crippen LogP contribution in [0.1, 0.15) is 11.1 Å². The van der Waals surface area contributed by atoms with Gasteiger partial charge in [-0.25, -0.2) is 4.98 Å². The van der Waals surface area contributed by atoms with Crippen LogP contribution in [0.2, 0.25) is 0 Å². The van der Waals surface area contributed by atoms with Crippen LogP contribution in [0.3, 0.4) is 0 Å². The number of fused-ring (bicyclic) bond motifs is 1. The molecular formula is C21H19N3. The predicted molar refractivity (Wildman–Crippen MR) is 99.1 cm³/mol. The molecule has 0 radical (unpaired) electrons. The summed E-state index contributed by atoms with van der Waals surface area (Å²) in [6, 6.07) is 24.9. The van der Waals surface area contributed by atoms with Gasteiger partial charge in [-0.15, -0.1) is 0 Å². The third kappa shape index (κ3) is 2.65. The third-order valence-electron chi connectivity index (χ3n) is 4.20. The molecule has 3 nitrogen and oxygen atoms in total. The Morgan fingerprint density at radius 2 is 1.58 bits per heavy atom. The summed E-state index contributed by atoms with van der Waals surface area (Å²) < 4.78 is 2.14. The number of rotatable bonds is 4. The number of benzene rings is 2. The van der Waals surface area contributed by atoms with Crippen LogP contribution in [0.4, 0.5) is 5.82 Å². The van der Waals surface area contributed by atoms with Crippen molar-refractivity contribution >= 4 is 11.5 Å². The maximum absolute atomic E-state index is 4.90. The van der Waals surface area contributed by atoms with E-state index < -0.39 is 0 Å². The zero-order chi connectivity index (χ0) is 16.4. The maximum Gasteiger partial charge on any atom is 0.142 e. The van der Waals surface area contributed by atoms with Crippen LogP contribution in [0, 0.1) is 6.92 Å². The van der Waals surface area contributed by atoms with Crippen LogP contribution in [0.5, 0.6) is 0 Å². The van der Waals surface area contributed by atoms with Gasteiger partial charge >= 0.3 is 0 Å². The number of anilines is 1. The van der Waals surface area contributed by atoms with Crippen LogP contribution in [-0.4, -0.2) is 9.38 Å². The van der Waals surface area contributed by atoms with Gasteiger partial charge in [0.15, 0.2) is 0 Å². The van der Waals surface area contributed by atoms with Gasteiger partial charge in [0.1, 0.15) is 17.2 Å². The van der Waals surface area contributed by atoms with E-state index in [0.717, 1.165) is 29.3 Å². The summed E-state index contributed by atoms with van der Waals surface area (Å²) in [6.45, 7) is 2.86. The first-order chi connectivity index (χ1) is 11.8. The molecule has 1 N–H and O–H groups in total. The molecule has 0 aliphatic rings. The molecule has 0 saturated carbocycles. The Hall–Kier alpha value is -3.07. The summed E-state index contributed by atoms with van der Waals surface area (Å²) >= 11 is 0. The standard InChI is InChI=1S/C21H19N3/c1-16-9-8-14-24-20(16)23-19(18-12-6-3-7-13-18)21(24)22-15-17-10-4-2-5-11-17/h2-14,22H,15H2,1H3. The monoisotopic (exact) mass is 313 g/mol. The van der Waals surface area contributed by atoms with Gasteiger partial charge in [0.2, 0.25) is 0 Å². The van der Waals surface area contributed by atoms with Crippen molar-refractivity contribution in [3.8, 4) is 11.3 Å². The molecular weight excluding hydrogens is 294 g/mol. The number of nitrogens with zero attached hydrogens (tertiary/aromatic N) is 2. The van der Waals surface area contributed by atoms with Gasteiger partial charge in [0, 0.05) is 18.3 Å². The highest BCUT2D eigenvalue weighted by molar-refractivity contribution is 5.77. The molecule has 0 fully saturated rings. The fourth-order valence-corrected chi connectivity index (χ4v) is 2.95. The Morgan fingerprint density at radius 1 is 0.875 bits per heavy atom. The number of hydrogen-bond donors (Lipinski definition) is 1. The number of nitrogens with one attached hydrogen (secondary N) is 1. The molecule has 0 unspecified atom stereocenters. The molecule has 4 rings (SSSR count). The number of pyridine rings is 1.